The van der Waals surface area contributed by atoms with Crippen LogP contribution in [0.3, 0.4) is 0 Å². The van der Waals surface area contributed by atoms with Gasteiger partial charge in [0.05, 0.1) is 20.3 Å². The Balaban J connectivity index is 0.00000169. The normalized spacial score (nSPS) is 11.6. The van der Waals surface area contributed by atoms with Gasteiger partial charge < -0.3 is 9.11 Å². The van der Waals surface area contributed by atoms with Crippen molar-refractivity contribution in [2.45, 2.75) is 4.90 Å². The summed E-state index contributed by atoms with van der Waals surface area (Å²) in [6, 6.07) is 4.40. The summed E-state index contributed by atoms with van der Waals surface area (Å²) in [6.07, 6.45) is 0. The first kappa shape index (κ1) is 13.7. The molecule has 6 nitrogen and oxygen atoms in total. The van der Waals surface area contributed by atoms with E-state index in [1.54, 1.807) is 0 Å². The van der Waals surface area contributed by atoms with E-state index in [-0.39, 0.29) is 40.1 Å². The number of benzene rings is 1. The van der Waals surface area contributed by atoms with Gasteiger partial charge in [0.25, 0.3) is 5.69 Å². The number of nitro groups is 1. The van der Waals surface area contributed by atoms with E-state index in [0.29, 0.717) is 0 Å². The van der Waals surface area contributed by atoms with E-state index in [1.165, 1.54) is 12.1 Å². The first-order chi connectivity index (χ1) is 5.91. The maximum absolute atomic E-state index is 10.7. The van der Waals surface area contributed by atoms with Gasteiger partial charge in [-0.2, -0.15) is 0 Å². The van der Waals surface area contributed by atoms with Crippen LogP contribution in [0.5, 0.6) is 0 Å². The molecule has 0 aliphatic heterocycles. The monoisotopic (exact) mass is 229 g/mol. The van der Waals surface area contributed by atoms with E-state index >= 15 is 0 Å². The molecule has 0 fully saturated rings. The van der Waals surface area contributed by atoms with Gasteiger partial charge in [-0.1, -0.05) is 6.07 Å². The van der Waals surface area contributed by atoms with Gasteiger partial charge in [-0.25, -0.2) is 4.21 Å². The molecule has 0 aliphatic rings. The van der Waals surface area contributed by atoms with Crippen molar-refractivity contribution in [1.82, 2.24) is 0 Å². The summed E-state index contributed by atoms with van der Waals surface area (Å²) < 4.78 is 28.0. The van der Waals surface area contributed by atoms with Crippen LogP contribution in [0, 0.1) is 10.1 Å². The fraction of sp³-hybridized carbons (Fsp3) is 0. The molecule has 0 radical (unpaired) electrons. The van der Waals surface area contributed by atoms with Crippen molar-refractivity contribution in [3.05, 3.63) is 34.4 Å². The van der Waals surface area contributed by atoms with Gasteiger partial charge in [-0.15, -0.1) is 0 Å². The van der Waals surface area contributed by atoms with E-state index in [9.17, 15) is 14.3 Å². The van der Waals surface area contributed by atoms with Gasteiger partial charge in [0.1, 0.15) is 0 Å². The molecule has 14 heavy (non-hydrogen) atoms. The van der Waals surface area contributed by atoms with Crippen LogP contribution in [0.2, 0.25) is 0 Å². The van der Waals surface area contributed by atoms with E-state index < -0.39 is 15.4 Å². The molecule has 1 aromatic rings. The fourth-order valence-electron chi connectivity index (χ4n) is 0.788. The minimum atomic E-state index is -4.39. The summed E-state index contributed by atoms with van der Waals surface area (Å²) in [5.41, 5.74) is -0.333. The van der Waals surface area contributed by atoms with Crippen LogP contribution in [0.25, 0.3) is 0 Å². The number of thiol groups is 1. The molecular formula is C6H8NNaO5S. The predicted octanol–water partition coefficient (Wildman–Crippen LogP) is 0.268. The van der Waals surface area contributed by atoms with Crippen LogP contribution in [0.4, 0.5) is 5.69 Å². The van der Waals surface area contributed by atoms with Crippen molar-refractivity contribution in [2.24, 2.45) is 0 Å². The number of nitro benzene ring substituents is 1. The number of rotatable bonds is 2. The van der Waals surface area contributed by atoms with Crippen LogP contribution < -0.4 is 0 Å². The standard InChI is InChI=1S/C6H7NO5S.Na.H/c8-7(9)5-2-1-3-6(4-5)13(10,11)12;;/h1-4,13H,(H2,10,11,12);;. The quantitative estimate of drug-likeness (QED) is 0.292. The van der Waals surface area contributed by atoms with Crippen LogP contribution in [0.15, 0.2) is 29.2 Å². The molecule has 8 heteroatoms. The van der Waals surface area contributed by atoms with Gasteiger partial charge in [-0.3, -0.25) is 10.1 Å². The molecule has 1 rings (SSSR count). The Labute approximate surface area is 103 Å². The van der Waals surface area contributed by atoms with Crippen molar-refractivity contribution < 1.29 is 18.2 Å². The number of non-ortho nitro benzene ring substituents is 1. The summed E-state index contributed by atoms with van der Waals surface area (Å²) in [5.74, 6) is 0. The Morgan fingerprint density at radius 3 is 2.36 bits per heavy atom. The first-order valence-electron chi connectivity index (χ1n) is 3.22. The molecule has 74 valence electrons. The zero-order valence-corrected chi connectivity index (χ0v) is 7.22. The SMILES string of the molecule is O=[N+]([O-])c1cccc([SH](=O)(O)O)c1.[NaH]. The number of hydrogen-bond acceptors (Lipinski definition) is 3. The molecule has 0 bridgehead atoms. The Hall–Kier alpha value is -0.310. The summed E-state index contributed by atoms with van der Waals surface area (Å²) in [5, 5.41) is 10.2. The average Bonchev–Trinajstić information content (AvgIpc) is 2.03. The second kappa shape index (κ2) is 4.96. The second-order valence-corrected chi connectivity index (χ2v) is 3.93. The third-order valence-corrected chi connectivity index (χ3v) is 2.33. The Morgan fingerprint density at radius 1 is 1.36 bits per heavy atom. The molecule has 0 saturated heterocycles. The molecule has 0 heterocycles. The number of hydrogen-bond donors (Lipinski definition) is 3. The third-order valence-electron chi connectivity index (χ3n) is 1.38. The van der Waals surface area contributed by atoms with Gasteiger partial charge in [0, 0.05) is 12.1 Å². The van der Waals surface area contributed by atoms with E-state index in [2.05, 4.69) is 0 Å². The second-order valence-electron chi connectivity index (χ2n) is 2.32. The Kier molecular flexibility index (Phi) is 4.85. The Bertz CT molecular complexity index is 390. The summed E-state index contributed by atoms with van der Waals surface area (Å²) in [4.78, 5) is 9.18. The van der Waals surface area contributed by atoms with Crippen molar-refractivity contribution >= 4 is 45.7 Å². The van der Waals surface area contributed by atoms with Crippen LogP contribution in [0.1, 0.15) is 0 Å². The third kappa shape index (κ3) is 3.45. The van der Waals surface area contributed by atoms with Crippen molar-refractivity contribution in [1.29, 1.82) is 0 Å². The minimum absolute atomic E-state index is 0. The van der Waals surface area contributed by atoms with Crippen LogP contribution in [-0.2, 0) is 10.5 Å². The molecule has 2 N–H and O–H groups in total. The van der Waals surface area contributed by atoms with Crippen LogP contribution in [-0.4, -0.2) is 47.8 Å². The van der Waals surface area contributed by atoms with Gasteiger partial charge in [0.2, 0.25) is 0 Å². The zero-order chi connectivity index (χ0) is 10.1. The maximum atomic E-state index is 10.7. The first-order valence-corrected chi connectivity index (χ1v) is 4.83. The molecular weight excluding hydrogens is 221 g/mol. The molecule has 0 aromatic heterocycles. The topological polar surface area (TPSA) is 101 Å². The molecule has 0 spiro atoms. The van der Waals surface area contributed by atoms with Crippen molar-refractivity contribution in [2.75, 3.05) is 0 Å². The molecule has 0 saturated carbocycles. The number of nitrogens with zero attached hydrogens (tertiary/aromatic N) is 1. The molecule has 1 aromatic carbocycles. The fourth-order valence-corrected chi connectivity index (χ4v) is 1.37. The molecule has 0 amide bonds. The zero-order valence-electron chi connectivity index (χ0n) is 6.32. The predicted molar refractivity (Wildman–Crippen MR) is 53.3 cm³/mol. The average molecular weight is 229 g/mol. The van der Waals surface area contributed by atoms with Crippen LogP contribution >= 0.6 is 0 Å². The summed E-state index contributed by atoms with van der Waals surface area (Å²) in [6.45, 7) is 0. The van der Waals surface area contributed by atoms with Gasteiger partial charge in [0.15, 0.2) is 0 Å². The van der Waals surface area contributed by atoms with E-state index in [4.69, 9.17) is 9.11 Å². The van der Waals surface area contributed by atoms with Crippen molar-refractivity contribution in [3.63, 3.8) is 0 Å². The Morgan fingerprint density at radius 2 is 1.93 bits per heavy atom. The summed E-state index contributed by atoms with van der Waals surface area (Å²) in [7, 11) is -4.39. The van der Waals surface area contributed by atoms with Crippen molar-refractivity contribution in [3.8, 4) is 0 Å². The van der Waals surface area contributed by atoms with E-state index in [0.717, 1.165) is 12.1 Å². The summed E-state index contributed by atoms with van der Waals surface area (Å²) >= 11 is 0. The molecule has 0 atom stereocenters. The molecule has 0 unspecified atom stereocenters. The van der Waals surface area contributed by atoms with E-state index in [1.807, 2.05) is 0 Å². The van der Waals surface area contributed by atoms with Gasteiger partial charge >= 0.3 is 29.6 Å². The van der Waals surface area contributed by atoms with Gasteiger partial charge in [-0.05, 0) is 6.07 Å². The molecule has 0 aliphatic carbocycles.